The first-order chi connectivity index (χ1) is 23.1. The highest BCUT2D eigenvalue weighted by Crippen LogP contribution is 2.29. The first-order valence-electron chi connectivity index (χ1n) is 16.7. The molecule has 1 aliphatic rings. The predicted molar refractivity (Wildman–Crippen MR) is 189 cm³/mol. The van der Waals surface area contributed by atoms with Crippen molar-refractivity contribution in [3.05, 3.63) is 120 Å². The van der Waals surface area contributed by atoms with Crippen LogP contribution < -0.4 is 14.4 Å². The number of aryl methyl sites for hydroxylation is 2. The summed E-state index contributed by atoms with van der Waals surface area (Å²) in [6.07, 6.45) is 5.50. The summed E-state index contributed by atoms with van der Waals surface area (Å²) in [5, 5.41) is 3.19. The van der Waals surface area contributed by atoms with Crippen molar-refractivity contribution in [3.63, 3.8) is 0 Å². The zero-order valence-corrected chi connectivity index (χ0v) is 28.8. The fourth-order valence-electron chi connectivity index (χ4n) is 6.03. The number of ether oxygens (including phenoxy) is 1. The largest absolute Gasteiger partial charge is 0.457 e. The number of rotatable bonds is 13. The molecule has 0 aliphatic heterocycles. The molecule has 1 N–H and O–H groups in total. The Hall–Kier alpha value is -4.63. The Bertz CT molecular complexity index is 1750. The average molecular weight is 668 g/mol. The van der Waals surface area contributed by atoms with Crippen LogP contribution in [0.1, 0.15) is 62.1 Å². The van der Waals surface area contributed by atoms with Gasteiger partial charge in [0.25, 0.3) is 10.0 Å². The normalized spacial score (nSPS) is 14.1. The van der Waals surface area contributed by atoms with Gasteiger partial charge in [0.15, 0.2) is 0 Å². The van der Waals surface area contributed by atoms with E-state index in [9.17, 15) is 18.0 Å². The minimum atomic E-state index is -4.18. The Morgan fingerprint density at radius 2 is 1.38 bits per heavy atom. The number of para-hydroxylation sites is 1. The second kappa shape index (κ2) is 16.0. The molecular formula is C39H45N3O5S. The lowest BCUT2D eigenvalue weighted by molar-refractivity contribution is -0.140. The van der Waals surface area contributed by atoms with Crippen molar-refractivity contribution in [1.82, 2.24) is 10.2 Å². The third-order valence-electron chi connectivity index (χ3n) is 8.80. The van der Waals surface area contributed by atoms with Gasteiger partial charge in [-0.3, -0.25) is 13.9 Å². The predicted octanol–water partition coefficient (Wildman–Crippen LogP) is 7.55. The third kappa shape index (κ3) is 8.83. The summed E-state index contributed by atoms with van der Waals surface area (Å²) in [6, 6.07) is 29.6. The van der Waals surface area contributed by atoms with Crippen LogP contribution >= 0.6 is 0 Å². The Morgan fingerprint density at radius 3 is 1.98 bits per heavy atom. The molecule has 8 nitrogen and oxygen atoms in total. The Balaban J connectivity index is 1.48. The number of amides is 2. The number of carbonyl (C=O) groups excluding carboxylic acids is 2. The molecule has 0 radical (unpaired) electrons. The highest BCUT2D eigenvalue weighted by Gasteiger charge is 2.34. The van der Waals surface area contributed by atoms with E-state index in [-0.39, 0.29) is 23.4 Å². The molecule has 0 spiro atoms. The van der Waals surface area contributed by atoms with Gasteiger partial charge in [-0.05, 0) is 87.2 Å². The number of hydrogen-bond donors (Lipinski definition) is 1. The smallest absolute Gasteiger partial charge is 0.264 e. The van der Waals surface area contributed by atoms with Gasteiger partial charge in [0.2, 0.25) is 11.8 Å². The van der Waals surface area contributed by atoms with Gasteiger partial charge in [0, 0.05) is 12.6 Å². The van der Waals surface area contributed by atoms with Crippen molar-refractivity contribution < 1.29 is 22.7 Å². The van der Waals surface area contributed by atoms with Crippen LogP contribution in [-0.2, 0) is 26.2 Å². The molecule has 9 heteroatoms. The average Bonchev–Trinajstić information content (AvgIpc) is 3.09. The van der Waals surface area contributed by atoms with Crippen LogP contribution in [0.25, 0.3) is 0 Å². The number of nitrogens with one attached hydrogen (secondary N) is 1. The summed E-state index contributed by atoms with van der Waals surface area (Å²) in [6.45, 7) is 5.43. The summed E-state index contributed by atoms with van der Waals surface area (Å²) in [5.74, 6) is 0.491. The molecule has 0 saturated heterocycles. The molecule has 1 unspecified atom stereocenters. The first kappa shape index (κ1) is 34.7. The van der Waals surface area contributed by atoms with E-state index >= 15 is 0 Å². The van der Waals surface area contributed by atoms with E-state index in [1.54, 1.807) is 48.5 Å². The molecule has 48 heavy (non-hydrogen) atoms. The number of hydrogen-bond acceptors (Lipinski definition) is 5. The van der Waals surface area contributed by atoms with E-state index in [1.165, 1.54) is 4.90 Å². The molecule has 0 heterocycles. The summed E-state index contributed by atoms with van der Waals surface area (Å²) in [4.78, 5) is 29.8. The zero-order chi connectivity index (χ0) is 34.1. The van der Waals surface area contributed by atoms with Gasteiger partial charge >= 0.3 is 0 Å². The molecule has 1 aliphatic carbocycles. The molecule has 0 aromatic heterocycles. The monoisotopic (exact) mass is 667 g/mol. The molecule has 1 saturated carbocycles. The Kier molecular flexibility index (Phi) is 11.5. The summed E-state index contributed by atoms with van der Waals surface area (Å²) >= 11 is 0. The molecule has 1 fully saturated rings. The third-order valence-corrected chi connectivity index (χ3v) is 10.6. The van der Waals surface area contributed by atoms with Crippen molar-refractivity contribution in [3.8, 4) is 11.5 Å². The van der Waals surface area contributed by atoms with Gasteiger partial charge in [0.1, 0.15) is 24.1 Å². The highest BCUT2D eigenvalue weighted by atomic mass is 32.2. The van der Waals surface area contributed by atoms with Crippen LogP contribution in [0.5, 0.6) is 11.5 Å². The van der Waals surface area contributed by atoms with Crippen molar-refractivity contribution >= 4 is 27.5 Å². The van der Waals surface area contributed by atoms with Crippen LogP contribution in [0, 0.1) is 13.8 Å². The van der Waals surface area contributed by atoms with E-state index in [0.29, 0.717) is 23.6 Å². The number of nitrogens with zero attached hydrogens (tertiary/aromatic N) is 2. The van der Waals surface area contributed by atoms with Crippen LogP contribution in [-0.4, -0.2) is 43.8 Å². The minimum Gasteiger partial charge on any atom is -0.457 e. The van der Waals surface area contributed by atoms with Crippen LogP contribution in [0.2, 0.25) is 0 Å². The molecule has 1 atom stereocenters. The lowest BCUT2D eigenvalue weighted by Crippen LogP contribution is -2.54. The van der Waals surface area contributed by atoms with E-state index in [4.69, 9.17) is 4.74 Å². The fourth-order valence-corrected chi connectivity index (χ4v) is 7.44. The Morgan fingerprint density at radius 1 is 0.792 bits per heavy atom. The quantitative estimate of drug-likeness (QED) is 0.159. The molecule has 2 amide bonds. The van der Waals surface area contributed by atoms with Crippen LogP contribution in [0.3, 0.4) is 0 Å². The first-order valence-corrected chi connectivity index (χ1v) is 18.2. The molecule has 252 valence electrons. The van der Waals surface area contributed by atoms with E-state index in [0.717, 1.165) is 53.1 Å². The van der Waals surface area contributed by atoms with Crippen molar-refractivity contribution in [1.29, 1.82) is 0 Å². The molecule has 4 aromatic rings. The maximum atomic E-state index is 14.5. The van der Waals surface area contributed by atoms with Gasteiger partial charge in [-0.25, -0.2) is 8.42 Å². The second-order valence-corrected chi connectivity index (χ2v) is 14.4. The van der Waals surface area contributed by atoms with Crippen molar-refractivity contribution in [2.24, 2.45) is 0 Å². The number of anilines is 1. The molecule has 4 aromatic carbocycles. The number of benzene rings is 4. The second-order valence-electron chi connectivity index (χ2n) is 12.5. The maximum absolute atomic E-state index is 14.5. The molecule has 5 rings (SSSR count). The topological polar surface area (TPSA) is 96.0 Å². The van der Waals surface area contributed by atoms with Gasteiger partial charge < -0.3 is 15.0 Å². The summed E-state index contributed by atoms with van der Waals surface area (Å²) in [7, 11) is -4.18. The van der Waals surface area contributed by atoms with Crippen LogP contribution in [0.15, 0.2) is 108 Å². The van der Waals surface area contributed by atoms with E-state index < -0.39 is 28.5 Å². The summed E-state index contributed by atoms with van der Waals surface area (Å²) < 4.78 is 35.6. The highest BCUT2D eigenvalue weighted by molar-refractivity contribution is 7.92. The zero-order valence-electron chi connectivity index (χ0n) is 28.0. The van der Waals surface area contributed by atoms with E-state index in [2.05, 4.69) is 5.32 Å². The van der Waals surface area contributed by atoms with Crippen molar-refractivity contribution in [2.45, 2.75) is 82.8 Å². The summed E-state index contributed by atoms with van der Waals surface area (Å²) in [5.41, 5.74) is 3.15. The van der Waals surface area contributed by atoms with Gasteiger partial charge in [-0.2, -0.15) is 0 Å². The van der Waals surface area contributed by atoms with Gasteiger partial charge in [-0.15, -0.1) is 0 Å². The van der Waals surface area contributed by atoms with Gasteiger partial charge in [0.05, 0.1) is 10.6 Å². The standard InChI is InChI=1S/C39H45N3O5S/c1-4-37(39(44)40-32-11-7-5-8-12-32)41(27-31-19-15-29(2)16-20-31)38(43)28-42(48(45,46)36-25-17-30(3)18-26-36)33-21-23-35(24-22-33)47-34-13-9-6-10-14-34/h6,9-10,13-26,32,37H,4-5,7-8,11-12,27-28H2,1-3H3,(H,40,44). The number of sulfonamides is 1. The Labute approximate surface area is 284 Å². The lowest BCUT2D eigenvalue weighted by atomic mass is 9.95. The lowest BCUT2D eigenvalue weighted by Gasteiger charge is -2.34. The minimum absolute atomic E-state index is 0.0673. The molecular weight excluding hydrogens is 623 g/mol. The maximum Gasteiger partial charge on any atom is 0.264 e. The fraction of sp³-hybridized carbons (Fsp3) is 0.333. The van der Waals surface area contributed by atoms with E-state index in [1.807, 2.05) is 75.4 Å². The van der Waals surface area contributed by atoms with Crippen molar-refractivity contribution in [2.75, 3.05) is 10.8 Å². The van der Waals surface area contributed by atoms with Gasteiger partial charge in [-0.1, -0.05) is 91.9 Å². The molecule has 0 bridgehead atoms. The van der Waals surface area contributed by atoms with Crippen LogP contribution in [0.4, 0.5) is 5.69 Å². The SMILES string of the molecule is CCC(C(=O)NC1CCCCC1)N(Cc1ccc(C)cc1)C(=O)CN(c1ccc(Oc2ccccc2)cc1)S(=O)(=O)c1ccc(C)cc1. The number of carbonyl (C=O) groups is 2.